The molecule has 0 amide bonds. The van der Waals surface area contributed by atoms with Crippen LogP contribution in [-0.4, -0.2) is 28.5 Å². The van der Waals surface area contributed by atoms with E-state index in [0.717, 1.165) is 24.4 Å². The SMILES string of the molecule is CCCC(=NOCC)C1=C(O)CC(CC(C)SCc2ccco2)CC1=O. The van der Waals surface area contributed by atoms with Gasteiger partial charge in [0, 0.05) is 18.1 Å². The zero-order valence-corrected chi connectivity index (χ0v) is 16.7. The smallest absolute Gasteiger partial charge is 0.168 e. The lowest BCUT2D eigenvalue weighted by Gasteiger charge is -2.26. The second kappa shape index (κ2) is 10.5. The quantitative estimate of drug-likeness (QED) is 0.442. The molecule has 5 nitrogen and oxygen atoms in total. The number of ketones is 1. The van der Waals surface area contributed by atoms with Crippen LogP contribution < -0.4 is 0 Å². The maximum absolute atomic E-state index is 12.6. The summed E-state index contributed by atoms with van der Waals surface area (Å²) >= 11 is 1.81. The van der Waals surface area contributed by atoms with Crippen LogP contribution in [0, 0.1) is 5.92 Å². The summed E-state index contributed by atoms with van der Waals surface area (Å²) in [4.78, 5) is 17.8. The lowest BCUT2D eigenvalue weighted by Crippen LogP contribution is -2.26. The van der Waals surface area contributed by atoms with Crippen LogP contribution in [0.15, 0.2) is 39.3 Å². The molecule has 1 aliphatic carbocycles. The van der Waals surface area contributed by atoms with Crippen LogP contribution >= 0.6 is 11.8 Å². The molecule has 0 aromatic carbocycles. The molecule has 2 rings (SSSR count). The second-order valence-corrected chi connectivity index (χ2v) is 8.09. The predicted molar refractivity (Wildman–Crippen MR) is 105 cm³/mol. The van der Waals surface area contributed by atoms with Crippen molar-refractivity contribution >= 4 is 23.3 Å². The Bertz CT molecular complexity index is 636. The minimum Gasteiger partial charge on any atom is -0.511 e. The summed E-state index contributed by atoms with van der Waals surface area (Å²) in [6.45, 7) is 6.48. The van der Waals surface area contributed by atoms with E-state index in [0.29, 0.717) is 42.4 Å². The van der Waals surface area contributed by atoms with Gasteiger partial charge in [0.1, 0.15) is 18.1 Å². The van der Waals surface area contributed by atoms with Crippen LogP contribution in [-0.2, 0) is 15.4 Å². The van der Waals surface area contributed by atoms with Crippen molar-refractivity contribution in [2.75, 3.05) is 6.61 Å². The van der Waals surface area contributed by atoms with Gasteiger partial charge in [0.15, 0.2) is 5.78 Å². The minimum absolute atomic E-state index is 0.0195. The van der Waals surface area contributed by atoms with Crippen molar-refractivity contribution in [2.24, 2.45) is 11.1 Å². The van der Waals surface area contributed by atoms with Crippen molar-refractivity contribution in [3.05, 3.63) is 35.5 Å². The third-order valence-corrected chi connectivity index (χ3v) is 5.57. The number of Topliss-reactive ketones (excluding diaryl/α,β-unsaturated/α-hetero) is 1. The van der Waals surface area contributed by atoms with Crippen molar-refractivity contribution in [1.82, 2.24) is 0 Å². The molecule has 1 heterocycles. The van der Waals surface area contributed by atoms with Crippen LogP contribution in [0.1, 0.15) is 58.6 Å². The first-order chi connectivity index (χ1) is 12.5. The number of rotatable bonds is 10. The van der Waals surface area contributed by atoms with Gasteiger partial charge in [0.25, 0.3) is 0 Å². The van der Waals surface area contributed by atoms with Gasteiger partial charge in [0.2, 0.25) is 0 Å². The van der Waals surface area contributed by atoms with Crippen LogP contribution in [0.25, 0.3) is 0 Å². The highest BCUT2D eigenvalue weighted by Gasteiger charge is 2.31. The average molecular weight is 380 g/mol. The van der Waals surface area contributed by atoms with Gasteiger partial charge in [-0.2, -0.15) is 11.8 Å². The van der Waals surface area contributed by atoms with Gasteiger partial charge < -0.3 is 14.4 Å². The fourth-order valence-corrected chi connectivity index (χ4v) is 4.24. The van der Waals surface area contributed by atoms with Gasteiger partial charge in [-0.25, -0.2) is 0 Å². The maximum atomic E-state index is 12.6. The van der Waals surface area contributed by atoms with E-state index in [1.54, 1.807) is 6.26 Å². The maximum Gasteiger partial charge on any atom is 0.168 e. The molecule has 0 radical (unpaired) electrons. The number of hydrogen-bond acceptors (Lipinski definition) is 6. The first-order valence-corrected chi connectivity index (χ1v) is 10.4. The monoisotopic (exact) mass is 379 g/mol. The van der Waals surface area contributed by atoms with E-state index in [4.69, 9.17) is 9.25 Å². The molecule has 0 saturated carbocycles. The molecule has 144 valence electrons. The summed E-state index contributed by atoms with van der Waals surface area (Å²) in [5.74, 6) is 2.10. The molecule has 1 aromatic heterocycles. The Labute approximate surface area is 159 Å². The third kappa shape index (κ3) is 5.94. The Hall–Kier alpha value is -1.69. The van der Waals surface area contributed by atoms with E-state index in [2.05, 4.69) is 12.1 Å². The van der Waals surface area contributed by atoms with Gasteiger partial charge in [0.05, 0.1) is 23.3 Å². The van der Waals surface area contributed by atoms with E-state index in [1.165, 1.54) is 0 Å². The standard InChI is InChI=1S/C20H29NO4S/c1-4-7-17(21-25-5-2)20-18(22)11-15(12-19(20)23)10-14(3)26-13-16-8-6-9-24-16/h6,8-9,14-15,22H,4-5,7,10-13H2,1-3H3. The topological polar surface area (TPSA) is 72.0 Å². The van der Waals surface area contributed by atoms with Gasteiger partial charge in [-0.05, 0) is 37.8 Å². The molecule has 0 fully saturated rings. The fraction of sp³-hybridized carbons (Fsp3) is 0.600. The number of hydrogen-bond donors (Lipinski definition) is 1. The van der Waals surface area contributed by atoms with Crippen LogP contribution in [0.2, 0.25) is 0 Å². The average Bonchev–Trinajstić information content (AvgIpc) is 3.10. The van der Waals surface area contributed by atoms with E-state index >= 15 is 0 Å². The molecule has 1 aliphatic rings. The molecular formula is C20H29NO4S. The second-order valence-electron chi connectivity index (χ2n) is 6.66. The van der Waals surface area contributed by atoms with E-state index in [1.807, 2.05) is 37.7 Å². The lowest BCUT2D eigenvalue weighted by molar-refractivity contribution is -0.116. The zero-order chi connectivity index (χ0) is 18.9. The number of aliphatic hydroxyl groups excluding tert-OH is 1. The van der Waals surface area contributed by atoms with E-state index in [-0.39, 0.29) is 17.5 Å². The van der Waals surface area contributed by atoms with Gasteiger partial charge in [-0.15, -0.1) is 0 Å². The van der Waals surface area contributed by atoms with Crippen molar-refractivity contribution in [3.63, 3.8) is 0 Å². The first kappa shape index (κ1) is 20.6. The molecule has 0 spiro atoms. The Morgan fingerprint density at radius 3 is 2.88 bits per heavy atom. The van der Waals surface area contributed by atoms with E-state index in [9.17, 15) is 9.90 Å². The van der Waals surface area contributed by atoms with Crippen LogP contribution in [0.4, 0.5) is 0 Å². The van der Waals surface area contributed by atoms with E-state index < -0.39 is 0 Å². The molecule has 26 heavy (non-hydrogen) atoms. The van der Waals surface area contributed by atoms with Gasteiger partial charge in [-0.3, -0.25) is 4.79 Å². The number of oxime groups is 1. The van der Waals surface area contributed by atoms with Crippen LogP contribution in [0.3, 0.4) is 0 Å². The molecule has 0 saturated heterocycles. The Morgan fingerprint density at radius 1 is 1.46 bits per heavy atom. The largest absolute Gasteiger partial charge is 0.511 e. The Balaban J connectivity index is 1.96. The number of aliphatic hydroxyl groups is 1. The summed E-state index contributed by atoms with van der Waals surface area (Å²) in [5, 5.41) is 15.0. The number of carbonyl (C=O) groups excluding carboxylic acids is 1. The van der Waals surface area contributed by atoms with Gasteiger partial charge >= 0.3 is 0 Å². The summed E-state index contributed by atoms with van der Waals surface area (Å²) in [6, 6.07) is 3.86. The number of thioether (sulfide) groups is 1. The van der Waals surface area contributed by atoms with Gasteiger partial charge in [-0.1, -0.05) is 25.4 Å². The first-order valence-electron chi connectivity index (χ1n) is 9.33. The third-order valence-electron chi connectivity index (χ3n) is 4.36. The molecule has 1 aromatic rings. The Kier molecular flexibility index (Phi) is 8.29. The molecular weight excluding hydrogens is 350 g/mol. The van der Waals surface area contributed by atoms with Crippen molar-refractivity contribution in [1.29, 1.82) is 0 Å². The lowest BCUT2D eigenvalue weighted by atomic mass is 9.82. The molecule has 2 unspecified atom stereocenters. The molecule has 6 heteroatoms. The highest BCUT2D eigenvalue weighted by atomic mass is 32.2. The fourth-order valence-electron chi connectivity index (χ4n) is 3.22. The molecule has 0 aliphatic heterocycles. The summed E-state index contributed by atoms with van der Waals surface area (Å²) < 4.78 is 5.36. The number of furan rings is 1. The summed E-state index contributed by atoms with van der Waals surface area (Å²) in [7, 11) is 0. The number of nitrogens with zero attached hydrogens (tertiary/aromatic N) is 1. The van der Waals surface area contributed by atoms with Crippen molar-refractivity contribution in [2.45, 2.75) is 63.9 Å². The molecule has 2 atom stereocenters. The summed E-state index contributed by atoms with van der Waals surface area (Å²) in [6.07, 6.45) is 5.04. The molecule has 1 N–H and O–H groups in total. The van der Waals surface area contributed by atoms with Crippen molar-refractivity contribution in [3.8, 4) is 0 Å². The number of allylic oxidation sites excluding steroid dienone is 2. The Morgan fingerprint density at radius 2 is 2.27 bits per heavy atom. The number of carbonyl (C=O) groups is 1. The normalized spacial score (nSPS) is 19.7. The highest BCUT2D eigenvalue weighted by molar-refractivity contribution is 7.99. The van der Waals surface area contributed by atoms with Crippen LogP contribution in [0.5, 0.6) is 0 Å². The minimum atomic E-state index is -0.0195. The molecule has 0 bridgehead atoms. The van der Waals surface area contributed by atoms with Crippen molar-refractivity contribution < 1.29 is 19.2 Å². The summed E-state index contributed by atoms with van der Waals surface area (Å²) in [5.41, 5.74) is 0.961. The highest BCUT2D eigenvalue weighted by Crippen LogP contribution is 2.33. The predicted octanol–water partition coefficient (Wildman–Crippen LogP) is 5.28. The zero-order valence-electron chi connectivity index (χ0n) is 15.9.